The molecule has 0 saturated carbocycles. The van der Waals surface area contributed by atoms with Crippen molar-refractivity contribution in [2.24, 2.45) is 0 Å². The number of hydrogen-bond acceptors (Lipinski definition) is 5. The number of ether oxygens (including phenoxy) is 3. The molecule has 5 heteroatoms. The van der Waals surface area contributed by atoms with Crippen LogP contribution >= 0.6 is 0 Å². The molecule has 0 bridgehead atoms. The van der Waals surface area contributed by atoms with E-state index >= 15 is 0 Å². The van der Waals surface area contributed by atoms with E-state index in [1.807, 2.05) is 0 Å². The number of terminal acetylenes is 1. The normalized spacial score (nSPS) is 31.6. The van der Waals surface area contributed by atoms with Gasteiger partial charge in [-0.25, -0.2) is 0 Å². The molecule has 0 N–H and O–H groups in total. The molecule has 0 aliphatic carbocycles. The van der Waals surface area contributed by atoms with Gasteiger partial charge in [0.2, 0.25) is 0 Å². The van der Waals surface area contributed by atoms with E-state index in [1.165, 1.54) is 6.92 Å². The van der Waals surface area contributed by atoms with E-state index in [0.29, 0.717) is 0 Å². The van der Waals surface area contributed by atoms with Crippen LogP contribution in [0.5, 0.6) is 0 Å². The van der Waals surface area contributed by atoms with Crippen LogP contribution in [0.25, 0.3) is 0 Å². The van der Waals surface area contributed by atoms with Gasteiger partial charge >= 0.3 is 11.9 Å². The number of rotatable bonds is 3. The van der Waals surface area contributed by atoms with Crippen molar-refractivity contribution in [1.82, 2.24) is 0 Å². The van der Waals surface area contributed by atoms with Crippen molar-refractivity contribution >= 4 is 11.9 Å². The Morgan fingerprint density at radius 2 is 2.00 bits per heavy atom. The lowest BCUT2D eigenvalue weighted by atomic mass is 10.1. The van der Waals surface area contributed by atoms with E-state index in [-0.39, 0.29) is 12.4 Å². The summed E-state index contributed by atoms with van der Waals surface area (Å²) in [5.41, 5.74) is 0. The second-order valence-electron chi connectivity index (χ2n) is 3.81. The van der Waals surface area contributed by atoms with Crippen molar-refractivity contribution in [2.45, 2.75) is 51.6 Å². The molecule has 0 radical (unpaired) electrons. The number of esters is 2. The number of carbonyl (C=O) groups is 2. The third-order valence-electron chi connectivity index (χ3n) is 2.47. The molecule has 5 nitrogen and oxygen atoms in total. The molecule has 1 fully saturated rings. The van der Waals surface area contributed by atoms with Gasteiger partial charge in [-0.1, -0.05) is 12.8 Å². The Kier molecular flexibility index (Phi) is 4.53. The summed E-state index contributed by atoms with van der Waals surface area (Å²) in [6.07, 6.45) is 3.08. The lowest BCUT2D eigenvalue weighted by molar-refractivity contribution is -0.164. The summed E-state index contributed by atoms with van der Waals surface area (Å²) >= 11 is 0. The zero-order valence-corrected chi connectivity index (χ0v) is 10.1. The van der Waals surface area contributed by atoms with Gasteiger partial charge in [0.1, 0.15) is 0 Å². The Hall–Kier alpha value is -1.54. The van der Waals surface area contributed by atoms with Crippen LogP contribution in [-0.4, -0.2) is 36.4 Å². The van der Waals surface area contributed by atoms with Crippen molar-refractivity contribution in [2.75, 3.05) is 0 Å². The van der Waals surface area contributed by atoms with Crippen LogP contribution in [0.1, 0.15) is 27.2 Å². The summed E-state index contributed by atoms with van der Waals surface area (Å²) in [7, 11) is 0. The Bertz CT molecular complexity index is 343. The first-order valence-electron chi connectivity index (χ1n) is 5.47. The molecule has 1 aliphatic rings. The third-order valence-corrected chi connectivity index (χ3v) is 2.47. The highest BCUT2D eigenvalue weighted by atomic mass is 16.6. The van der Waals surface area contributed by atoms with Gasteiger partial charge in [-0.3, -0.25) is 9.59 Å². The summed E-state index contributed by atoms with van der Waals surface area (Å²) in [6.45, 7) is 4.68. The highest BCUT2D eigenvalue weighted by Gasteiger charge is 2.46. The summed E-state index contributed by atoms with van der Waals surface area (Å²) < 4.78 is 15.6. The predicted molar refractivity (Wildman–Crippen MR) is 58.9 cm³/mol. The SMILES string of the molecule is C#C[C@H]1O[C@@H](C)[C@H](OC(=O)CC)[C@@H]1OC(C)=O. The van der Waals surface area contributed by atoms with Crippen LogP contribution in [0.3, 0.4) is 0 Å². The monoisotopic (exact) mass is 240 g/mol. The molecule has 1 aliphatic heterocycles. The average Bonchev–Trinajstić information content (AvgIpc) is 2.56. The molecule has 0 aromatic heterocycles. The first kappa shape index (κ1) is 13.5. The highest BCUT2D eigenvalue weighted by Crippen LogP contribution is 2.26. The minimum absolute atomic E-state index is 0.247. The zero-order valence-electron chi connectivity index (χ0n) is 10.1. The first-order valence-corrected chi connectivity index (χ1v) is 5.47. The van der Waals surface area contributed by atoms with Crippen LogP contribution < -0.4 is 0 Å². The lowest BCUT2D eigenvalue weighted by Crippen LogP contribution is -2.39. The van der Waals surface area contributed by atoms with Crippen LogP contribution in [0, 0.1) is 12.3 Å². The molecular formula is C12H16O5. The van der Waals surface area contributed by atoms with Gasteiger partial charge in [-0.15, -0.1) is 6.42 Å². The van der Waals surface area contributed by atoms with Crippen molar-refractivity contribution in [1.29, 1.82) is 0 Å². The summed E-state index contributed by atoms with van der Waals surface area (Å²) in [5.74, 6) is 1.52. The molecule has 0 spiro atoms. The highest BCUT2D eigenvalue weighted by molar-refractivity contribution is 5.69. The molecule has 0 amide bonds. The lowest BCUT2D eigenvalue weighted by Gasteiger charge is -2.21. The van der Waals surface area contributed by atoms with Gasteiger partial charge in [-0.2, -0.15) is 0 Å². The molecule has 0 aromatic rings. The average molecular weight is 240 g/mol. The molecule has 17 heavy (non-hydrogen) atoms. The molecule has 4 atom stereocenters. The first-order chi connectivity index (χ1) is 7.99. The van der Waals surface area contributed by atoms with E-state index in [4.69, 9.17) is 20.6 Å². The number of carbonyl (C=O) groups excluding carboxylic acids is 2. The molecular weight excluding hydrogens is 224 g/mol. The minimum Gasteiger partial charge on any atom is -0.455 e. The van der Waals surface area contributed by atoms with Crippen molar-refractivity contribution in [3.63, 3.8) is 0 Å². The van der Waals surface area contributed by atoms with Crippen LogP contribution in [0.4, 0.5) is 0 Å². The van der Waals surface area contributed by atoms with E-state index in [9.17, 15) is 9.59 Å². The zero-order chi connectivity index (χ0) is 13.0. The predicted octanol–water partition coefficient (Wildman–Crippen LogP) is 0.660. The fourth-order valence-corrected chi connectivity index (χ4v) is 1.68. The third kappa shape index (κ3) is 3.21. The summed E-state index contributed by atoms with van der Waals surface area (Å²) in [4.78, 5) is 22.3. The van der Waals surface area contributed by atoms with Gasteiger partial charge in [0, 0.05) is 13.3 Å². The van der Waals surface area contributed by atoms with Gasteiger partial charge < -0.3 is 14.2 Å². The summed E-state index contributed by atoms with van der Waals surface area (Å²) in [6, 6.07) is 0. The second-order valence-corrected chi connectivity index (χ2v) is 3.81. The van der Waals surface area contributed by atoms with Gasteiger partial charge in [-0.05, 0) is 6.92 Å². The molecule has 0 unspecified atom stereocenters. The Balaban J connectivity index is 2.79. The van der Waals surface area contributed by atoms with Gasteiger partial charge in [0.05, 0.1) is 6.10 Å². The molecule has 1 rings (SSSR count). The fraction of sp³-hybridized carbons (Fsp3) is 0.667. The Morgan fingerprint density at radius 1 is 1.35 bits per heavy atom. The standard InChI is InChI=1S/C12H16O5/c1-5-9-12(16-8(4)13)11(7(3)15-9)17-10(14)6-2/h1,7,9,11-12H,6H2,2-4H3/t7-,9+,11-,12+/m0/s1. The topological polar surface area (TPSA) is 61.8 Å². The van der Waals surface area contributed by atoms with E-state index in [2.05, 4.69) is 5.92 Å². The maximum atomic E-state index is 11.3. The van der Waals surface area contributed by atoms with Crippen molar-refractivity contribution in [3.8, 4) is 12.3 Å². The van der Waals surface area contributed by atoms with Crippen LogP contribution in [-0.2, 0) is 23.8 Å². The molecule has 1 heterocycles. The van der Waals surface area contributed by atoms with E-state index in [1.54, 1.807) is 13.8 Å². The van der Waals surface area contributed by atoms with E-state index in [0.717, 1.165) is 0 Å². The molecule has 0 aromatic carbocycles. The maximum absolute atomic E-state index is 11.3. The second kappa shape index (κ2) is 5.69. The summed E-state index contributed by atoms with van der Waals surface area (Å²) in [5, 5.41) is 0. The largest absolute Gasteiger partial charge is 0.455 e. The smallest absolute Gasteiger partial charge is 0.306 e. The van der Waals surface area contributed by atoms with Crippen LogP contribution in [0.15, 0.2) is 0 Å². The maximum Gasteiger partial charge on any atom is 0.306 e. The van der Waals surface area contributed by atoms with Crippen LogP contribution in [0.2, 0.25) is 0 Å². The van der Waals surface area contributed by atoms with Gasteiger partial charge in [0.15, 0.2) is 18.3 Å². The Morgan fingerprint density at radius 3 is 2.47 bits per heavy atom. The minimum atomic E-state index is -0.733. The molecule has 1 saturated heterocycles. The van der Waals surface area contributed by atoms with E-state index < -0.39 is 30.4 Å². The molecule has 94 valence electrons. The number of hydrogen-bond donors (Lipinski definition) is 0. The Labute approximate surface area is 100 Å². The van der Waals surface area contributed by atoms with Crippen molar-refractivity contribution in [3.05, 3.63) is 0 Å². The van der Waals surface area contributed by atoms with Crippen molar-refractivity contribution < 1.29 is 23.8 Å². The van der Waals surface area contributed by atoms with Gasteiger partial charge in [0.25, 0.3) is 0 Å². The quantitative estimate of drug-likeness (QED) is 0.535. The fourth-order valence-electron chi connectivity index (χ4n) is 1.68.